The first-order valence-electron chi connectivity index (χ1n) is 8.54. The van der Waals surface area contributed by atoms with E-state index in [2.05, 4.69) is 24.1 Å². The molecule has 0 amide bonds. The van der Waals surface area contributed by atoms with Gasteiger partial charge >= 0.3 is 0 Å². The van der Waals surface area contributed by atoms with Crippen LogP contribution in [0.4, 0.5) is 0 Å². The van der Waals surface area contributed by atoms with Crippen molar-refractivity contribution in [3.8, 4) is 0 Å². The zero-order valence-electron chi connectivity index (χ0n) is 14.3. The Morgan fingerprint density at radius 3 is 2.65 bits per heavy atom. The zero-order chi connectivity index (χ0) is 15.4. The van der Waals surface area contributed by atoms with E-state index in [0.717, 1.165) is 71.4 Å². The molecule has 1 N–H and O–H groups in total. The molecule has 0 aromatic carbocycles. The molecule has 3 fully saturated rings. The van der Waals surface area contributed by atoms with E-state index < -0.39 is 0 Å². The Morgan fingerprint density at radius 2 is 2.04 bits per heavy atom. The third-order valence-electron chi connectivity index (χ3n) is 4.62. The number of halogens is 1. The van der Waals surface area contributed by atoms with Gasteiger partial charge in [-0.2, -0.15) is 0 Å². The molecular weight excluding hydrogens is 409 g/mol. The lowest BCUT2D eigenvalue weighted by Crippen LogP contribution is -2.53. The molecular formula is C16H30IN3O3. The molecule has 0 radical (unpaired) electrons. The Labute approximate surface area is 156 Å². The second-order valence-electron chi connectivity index (χ2n) is 6.88. The summed E-state index contributed by atoms with van der Waals surface area (Å²) in [5, 5.41) is 3.42. The number of nitrogens with one attached hydrogen (secondary N) is 1. The van der Waals surface area contributed by atoms with Crippen molar-refractivity contribution < 1.29 is 14.2 Å². The fourth-order valence-corrected chi connectivity index (χ4v) is 3.22. The monoisotopic (exact) mass is 439 g/mol. The van der Waals surface area contributed by atoms with Gasteiger partial charge in [0.2, 0.25) is 0 Å². The molecule has 2 unspecified atom stereocenters. The number of nitrogens with zero attached hydrogens (tertiary/aromatic N) is 2. The van der Waals surface area contributed by atoms with Crippen LogP contribution in [0.5, 0.6) is 0 Å². The van der Waals surface area contributed by atoms with E-state index in [0.29, 0.717) is 0 Å². The van der Waals surface area contributed by atoms with Crippen LogP contribution in [0.15, 0.2) is 4.99 Å². The lowest BCUT2D eigenvalue weighted by atomic mass is 9.89. The summed E-state index contributed by atoms with van der Waals surface area (Å²) in [6.45, 7) is 11.1. The molecule has 3 saturated heterocycles. The predicted molar refractivity (Wildman–Crippen MR) is 101 cm³/mol. The highest BCUT2D eigenvalue weighted by Gasteiger charge is 2.35. The van der Waals surface area contributed by atoms with Gasteiger partial charge in [-0.1, -0.05) is 6.92 Å². The predicted octanol–water partition coefficient (Wildman–Crippen LogP) is 1.49. The molecule has 3 heterocycles. The SMILES string of the molecule is CCNC(=NCC1(C)COC1)N1CCOC(C2CCCO2)C1.I. The standard InChI is InChI=1S/C16H29N3O3.HI/c1-3-17-15(18-10-16(2)11-20-12-16)19-6-8-22-14(9-19)13-5-4-7-21-13;/h13-14H,3-12H2,1-2H3,(H,17,18);1H. The van der Waals surface area contributed by atoms with Gasteiger partial charge in [0.15, 0.2) is 5.96 Å². The van der Waals surface area contributed by atoms with Gasteiger partial charge in [-0.25, -0.2) is 0 Å². The summed E-state index contributed by atoms with van der Waals surface area (Å²) in [4.78, 5) is 7.17. The number of hydrogen-bond donors (Lipinski definition) is 1. The van der Waals surface area contributed by atoms with Crippen LogP contribution in [0.2, 0.25) is 0 Å². The van der Waals surface area contributed by atoms with Crippen LogP contribution in [0.3, 0.4) is 0 Å². The van der Waals surface area contributed by atoms with Crippen LogP contribution in [-0.2, 0) is 14.2 Å². The second kappa shape index (κ2) is 8.82. The van der Waals surface area contributed by atoms with E-state index in [1.807, 2.05) is 0 Å². The maximum Gasteiger partial charge on any atom is 0.194 e. The van der Waals surface area contributed by atoms with E-state index in [1.165, 1.54) is 0 Å². The minimum Gasteiger partial charge on any atom is -0.380 e. The number of guanidine groups is 1. The minimum absolute atomic E-state index is 0. The molecule has 3 rings (SSSR count). The molecule has 2 atom stereocenters. The third-order valence-corrected chi connectivity index (χ3v) is 4.62. The Morgan fingerprint density at radius 1 is 1.26 bits per heavy atom. The van der Waals surface area contributed by atoms with E-state index in [9.17, 15) is 0 Å². The molecule has 3 aliphatic rings. The molecule has 3 aliphatic heterocycles. The Balaban J connectivity index is 0.00000192. The first kappa shape index (κ1) is 19.2. The number of morpholine rings is 1. The molecule has 0 spiro atoms. The van der Waals surface area contributed by atoms with Crippen molar-refractivity contribution in [1.82, 2.24) is 10.2 Å². The Kier molecular flexibility index (Phi) is 7.37. The molecule has 0 bridgehead atoms. The largest absolute Gasteiger partial charge is 0.380 e. The first-order chi connectivity index (χ1) is 10.7. The van der Waals surface area contributed by atoms with E-state index in [1.54, 1.807) is 0 Å². The van der Waals surface area contributed by atoms with Gasteiger partial charge < -0.3 is 24.4 Å². The van der Waals surface area contributed by atoms with Gasteiger partial charge in [-0.3, -0.25) is 4.99 Å². The fraction of sp³-hybridized carbons (Fsp3) is 0.938. The molecule has 0 aliphatic carbocycles. The quantitative estimate of drug-likeness (QED) is 0.409. The molecule has 6 nitrogen and oxygen atoms in total. The molecule has 0 aromatic rings. The maximum atomic E-state index is 5.93. The van der Waals surface area contributed by atoms with Crippen LogP contribution < -0.4 is 5.32 Å². The highest BCUT2D eigenvalue weighted by Crippen LogP contribution is 2.27. The van der Waals surface area contributed by atoms with Gasteiger partial charge in [0, 0.05) is 31.7 Å². The molecule has 0 aromatic heterocycles. The zero-order valence-corrected chi connectivity index (χ0v) is 16.6. The summed E-state index contributed by atoms with van der Waals surface area (Å²) < 4.78 is 17.0. The van der Waals surface area contributed by atoms with E-state index in [4.69, 9.17) is 19.2 Å². The lowest BCUT2D eigenvalue weighted by Gasteiger charge is -2.39. The number of ether oxygens (including phenoxy) is 3. The topological polar surface area (TPSA) is 55.3 Å². The normalized spacial score (nSPS) is 30.5. The number of hydrogen-bond acceptors (Lipinski definition) is 4. The van der Waals surface area contributed by atoms with Crippen LogP contribution >= 0.6 is 24.0 Å². The Bertz CT molecular complexity index is 398. The highest BCUT2D eigenvalue weighted by atomic mass is 127. The molecule has 0 saturated carbocycles. The third kappa shape index (κ3) is 4.93. The van der Waals surface area contributed by atoms with E-state index in [-0.39, 0.29) is 41.6 Å². The lowest BCUT2D eigenvalue weighted by molar-refractivity contribution is -0.0951. The smallest absolute Gasteiger partial charge is 0.194 e. The van der Waals surface area contributed by atoms with Crippen molar-refractivity contribution in [3.05, 3.63) is 0 Å². The van der Waals surface area contributed by atoms with Gasteiger partial charge in [-0.05, 0) is 19.8 Å². The summed E-state index contributed by atoms with van der Waals surface area (Å²) >= 11 is 0. The number of aliphatic imine (C=N–C) groups is 1. The minimum atomic E-state index is 0. The average molecular weight is 439 g/mol. The van der Waals surface area contributed by atoms with Crippen molar-refractivity contribution in [2.75, 3.05) is 52.6 Å². The summed E-state index contributed by atoms with van der Waals surface area (Å²) in [7, 11) is 0. The summed E-state index contributed by atoms with van der Waals surface area (Å²) in [6.07, 6.45) is 2.68. The van der Waals surface area contributed by atoms with Gasteiger partial charge in [0.05, 0.1) is 32.5 Å². The molecule has 23 heavy (non-hydrogen) atoms. The van der Waals surface area contributed by atoms with Crippen LogP contribution in [0.25, 0.3) is 0 Å². The van der Waals surface area contributed by atoms with Crippen molar-refractivity contribution in [1.29, 1.82) is 0 Å². The van der Waals surface area contributed by atoms with Gasteiger partial charge in [0.25, 0.3) is 0 Å². The van der Waals surface area contributed by atoms with Crippen LogP contribution in [0.1, 0.15) is 26.7 Å². The van der Waals surface area contributed by atoms with Gasteiger partial charge in [-0.15, -0.1) is 24.0 Å². The first-order valence-corrected chi connectivity index (χ1v) is 8.54. The van der Waals surface area contributed by atoms with Crippen LogP contribution in [0, 0.1) is 5.41 Å². The van der Waals surface area contributed by atoms with Crippen LogP contribution in [-0.4, -0.2) is 75.7 Å². The Hall–Kier alpha value is -0.120. The second-order valence-corrected chi connectivity index (χ2v) is 6.88. The molecule has 7 heteroatoms. The summed E-state index contributed by atoms with van der Waals surface area (Å²) in [6, 6.07) is 0. The summed E-state index contributed by atoms with van der Waals surface area (Å²) in [5.74, 6) is 1.00. The van der Waals surface area contributed by atoms with E-state index >= 15 is 0 Å². The average Bonchev–Trinajstić information content (AvgIpc) is 3.04. The van der Waals surface area contributed by atoms with Crippen molar-refractivity contribution in [3.63, 3.8) is 0 Å². The van der Waals surface area contributed by atoms with Crippen molar-refractivity contribution >= 4 is 29.9 Å². The maximum absolute atomic E-state index is 5.93. The fourth-order valence-electron chi connectivity index (χ4n) is 3.22. The molecule has 134 valence electrons. The summed E-state index contributed by atoms with van der Waals surface area (Å²) in [5.41, 5.74) is 0.209. The van der Waals surface area contributed by atoms with Crippen molar-refractivity contribution in [2.45, 2.75) is 38.9 Å². The van der Waals surface area contributed by atoms with Gasteiger partial charge in [0.1, 0.15) is 6.10 Å². The number of rotatable bonds is 4. The highest BCUT2D eigenvalue weighted by molar-refractivity contribution is 14.0. The van der Waals surface area contributed by atoms with Crippen molar-refractivity contribution in [2.24, 2.45) is 10.4 Å².